The van der Waals surface area contributed by atoms with E-state index in [-0.39, 0.29) is 11.8 Å². The van der Waals surface area contributed by atoms with Gasteiger partial charge in [0, 0.05) is 18.9 Å². The van der Waals surface area contributed by atoms with Gasteiger partial charge in [0.15, 0.2) is 5.82 Å². The van der Waals surface area contributed by atoms with Crippen LogP contribution in [0.2, 0.25) is 0 Å². The third kappa shape index (κ3) is 2.57. The largest absolute Gasteiger partial charge is 0.355 e. The van der Waals surface area contributed by atoms with Crippen LogP contribution >= 0.6 is 0 Å². The van der Waals surface area contributed by atoms with Crippen LogP contribution in [0.15, 0.2) is 10.9 Å². The maximum Gasteiger partial charge on any atom is 0.223 e. The number of amides is 1. The lowest BCUT2D eigenvalue weighted by Gasteiger charge is -2.31. The summed E-state index contributed by atoms with van der Waals surface area (Å²) in [5, 5.41) is 9.72. The highest BCUT2D eigenvalue weighted by Crippen LogP contribution is 2.15. The van der Waals surface area contributed by atoms with Gasteiger partial charge in [-0.1, -0.05) is 12.1 Å². The molecule has 6 heteroatoms. The van der Waals surface area contributed by atoms with Gasteiger partial charge in [-0.25, -0.2) is 0 Å². The van der Waals surface area contributed by atoms with Crippen molar-refractivity contribution >= 4 is 5.91 Å². The van der Waals surface area contributed by atoms with Gasteiger partial charge in [0.05, 0.1) is 0 Å². The van der Waals surface area contributed by atoms with Gasteiger partial charge in [0.2, 0.25) is 12.3 Å². The molecule has 1 aromatic heterocycles. The van der Waals surface area contributed by atoms with Crippen molar-refractivity contribution in [3.05, 3.63) is 12.2 Å². The van der Waals surface area contributed by atoms with E-state index >= 15 is 0 Å². The molecule has 6 nitrogen and oxygen atoms in total. The SMILES string of the molecule is CC(C(=O)NCCc1ncon1)C1CNC1. The van der Waals surface area contributed by atoms with Crippen LogP contribution in [0.4, 0.5) is 0 Å². The van der Waals surface area contributed by atoms with Crippen molar-refractivity contribution in [2.24, 2.45) is 11.8 Å². The first kappa shape index (κ1) is 11.1. The summed E-state index contributed by atoms with van der Waals surface area (Å²) >= 11 is 0. The number of carbonyl (C=O) groups is 1. The zero-order chi connectivity index (χ0) is 11.4. The van der Waals surface area contributed by atoms with Gasteiger partial charge >= 0.3 is 0 Å². The third-order valence-electron chi connectivity index (χ3n) is 2.99. The predicted molar refractivity (Wildman–Crippen MR) is 56.5 cm³/mol. The summed E-state index contributed by atoms with van der Waals surface area (Å²) in [6, 6.07) is 0. The van der Waals surface area contributed by atoms with Crippen molar-refractivity contribution in [1.82, 2.24) is 20.8 Å². The highest BCUT2D eigenvalue weighted by molar-refractivity contribution is 5.78. The van der Waals surface area contributed by atoms with E-state index in [0.717, 1.165) is 13.1 Å². The Kier molecular flexibility index (Phi) is 3.51. The van der Waals surface area contributed by atoms with Gasteiger partial charge in [0.25, 0.3) is 0 Å². The molecule has 1 aliphatic heterocycles. The van der Waals surface area contributed by atoms with Crippen molar-refractivity contribution in [1.29, 1.82) is 0 Å². The maximum atomic E-state index is 11.7. The molecule has 1 unspecified atom stereocenters. The monoisotopic (exact) mass is 224 g/mol. The molecule has 0 aromatic carbocycles. The van der Waals surface area contributed by atoms with E-state index in [1.807, 2.05) is 6.92 Å². The zero-order valence-electron chi connectivity index (χ0n) is 9.27. The molecule has 0 radical (unpaired) electrons. The summed E-state index contributed by atoms with van der Waals surface area (Å²) in [6.45, 7) is 4.41. The summed E-state index contributed by atoms with van der Waals surface area (Å²) in [4.78, 5) is 15.6. The van der Waals surface area contributed by atoms with Gasteiger partial charge in [0.1, 0.15) is 0 Å². The van der Waals surface area contributed by atoms with E-state index in [9.17, 15) is 4.79 Å². The summed E-state index contributed by atoms with van der Waals surface area (Å²) < 4.78 is 4.60. The second kappa shape index (κ2) is 5.07. The molecule has 0 saturated carbocycles. The second-order valence-corrected chi connectivity index (χ2v) is 4.10. The van der Waals surface area contributed by atoms with Crippen LogP contribution in [0.25, 0.3) is 0 Å². The van der Waals surface area contributed by atoms with Gasteiger partial charge in [-0.3, -0.25) is 4.79 Å². The topological polar surface area (TPSA) is 80.1 Å². The van der Waals surface area contributed by atoms with Crippen molar-refractivity contribution in [2.45, 2.75) is 13.3 Å². The third-order valence-corrected chi connectivity index (χ3v) is 2.99. The minimum atomic E-state index is 0.0755. The maximum absolute atomic E-state index is 11.7. The number of carbonyl (C=O) groups excluding carboxylic acids is 1. The molecule has 2 rings (SSSR count). The van der Waals surface area contributed by atoms with Crippen LogP contribution < -0.4 is 10.6 Å². The molecule has 1 saturated heterocycles. The van der Waals surface area contributed by atoms with Crippen molar-refractivity contribution in [3.63, 3.8) is 0 Å². The number of nitrogens with one attached hydrogen (secondary N) is 2. The Balaban J connectivity index is 1.67. The van der Waals surface area contributed by atoms with E-state index in [1.165, 1.54) is 6.39 Å². The van der Waals surface area contributed by atoms with Gasteiger partial charge < -0.3 is 15.2 Å². The quantitative estimate of drug-likeness (QED) is 0.710. The number of rotatable bonds is 5. The van der Waals surface area contributed by atoms with Crippen molar-refractivity contribution < 1.29 is 9.32 Å². The molecule has 88 valence electrons. The Labute approximate surface area is 93.8 Å². The molecule has 0 aliphatic carbocycles. The highest BCUT2D eigenvalue weighted by atomic mass is 16.5. The minimum absolute atomic E-state index is 0.0755. The summed E-state index contributed by atoms with van der Waals surface area (Å²) in [6.07, 6.45) is 1.90. The second-order valence-electron chi connectivity index (χ2n) is 4.10. The molecule has 16 heavy (non-hydrogen) atoms. The van der Waals surface area contributed by atoms with Gasteiger partial charge in [-0.2, -0.15) is 4.98 Å². The molecule has 1 fully saturated rings. The molecule has 0 bridgehead atoms. The van der Waals surface area contributed by atoms with Crippen LogP contribution in [0.5, 0.6) is 0 Å². The summed E-state index contributed by atoms with van der Waals surface area (Å²) in [5.41, 5.74) is 0. The van der Waals surface area contributed by atoms with E-state index in [4.69, 9.17) is 0 Å². The standard InChI is InChI=1S/C10H16N4O2/c1-7(8-4-11-5-8)10(15)12-3-2-9-13-6-16-14-9/h6-8,11H,2-5H2,1H3,(H,12,15). The molecular weight excluding hydrogens is 208 g/mol. The Hall–Kier alpha value is -1.43. The first-order chi connectivity index (χ1) is 7.77. The first-order valence-electron chi connectivity index (χ1n) is 5.51. The molecule has 1 aromatic rings. The number of hydrogen-bond donors (Lipinski definition) is 2. The van der Waals surface area contributed by atoms with E-state index < -0.39 is 0 Å². The van der Waals surface area contributed by atoms with Crippen LogP contribution in [0.1, 0.15) is 12.7 Å². The Morgan fingerprint density at radius 3 is 3.12 bits per heavy atom. The van der Waals surface area contributed by atoms with Gasteiger partial charge in [-0.15, -0.1) is 0 Å². The summed E-state index contributed by atoms with van der Waals surface area (Å²) in [7, 11) is 0. The fourth-order valence-corrected chi connectivity index (χ4v) is 1.64. The van der Waals surface area contributed by atoms with Crippen molar-refractivity contribution in [3.8, 4) is 0 Å². The average Bonchev–Trinajstić information content (AvgIpc) is 2.67. The smallest absolute Gasteiger partial charge is 0.223 e. The minimum Gasteiger partial charge on any atom is -0.355 e. The lowest BCUT2D eigenvalue weighted by atomic mass is 9.88. The predicted octanol–water partition coefficient (Wildman–Crippen LogP) is -0.416. The fraction of sp³-hybridized carbons (Fsp3) is 0.700. The summed E-state index contributed by atoms with van der Waals surface area (Å²) in [5.74, 6) is 1.28. The molecule has 0 spiro atoms. The number of hydrogen-bond acceptors (Lipinski definition) is 5. The van der Waals surface area contributed by atoms with E-state index in [2.05, 4.69) is 25.3 Å². The van der Waals surface area contributed by atoms with Crippen LogP contribution in [-0.4, -0.2) is 35.7 Å². The van der Waals surface area contributed by atoms with Gasteiger partial charge in [-0.05, 0) is 19.0 Å². The Morgan fingerprint density at radius 1 is 1.75 bits per heavy atom. The molecular formula is C10H16N4O2. The lowest BCUT2D eigenvalue weighted by Crippen LogP contribution is -2.49. The fourth-order valence-electron chi connectivity index (χ4n) is 1.64. The Bertz CT molecular complexity index is 335. The molecule has 2 heterocycles. The average molecular weight is 224 g/mol. The highest BCUT2D eigenvalue weighted by Gasteiger charge is 2.28. The lowest BCUT2D eigenvalue weighted by molar-refractivity contribution is -0.126. The van der Waals surface area contributed by atoms with Crippen LogP contribution in [0.3, 0.4) is 0 Å². The number of aromatic nitrogens is 2. The van der Waals surface area contributed by atoms with Crippen molar-refractivity contribution in [2.75, 3.05) is 19.6 Å². The first-order valence-corrected chi connectivity index (χ1v) is 5.51. The van der Waals surface area contributed by atoms with Crippen LogP contribution in [-0.2, 0) is 11.2 Å². The normalized spacial score (nSPS) is 17.8. The van der Waals surface area contributed by atoms with E-state index in [1.54, 1.807) is 0 Å². The number of nitrogens with zero attached hydrogens (tertiary/aromatic N) is 2. The molecule has 1 aliphatic rings. The zero-order valence-corrected chi connectivity index (χ0v) is 9.27. The van der Waals surface area contributed by atoms with E-state index in [0.29, 0.717) is 24.7 Å². The molecule has 1 atom stereocenters. The Morgan fingerprint density at radius 2 is 2.56 bits per heavy atom. The molecule has 2 N–H and O–H groups in total. The van der Waals surface area contributed by atoms with Crippen LogP contribution in [0, 0.1) is 11.8 Å². The molecule has 1 amide bonds.